The van der Waals surface area contributed by atoms with Gasteiger partial charge in [0.05, 0.1) is 12.2 Å². The van der Waals surface area contributed by atoms with Crippen molar-refractivity contribution in [3.05, 3.63) is 24.6 Å². The van der Waals surface area contributed by atoms with Gasteiger partial charge in [-0.2, -0.15) is 0 Å². The van der Waals surface area contributed by atoms with Crippen molar-refractivity contribution in [2.45, 2.75) is 45.4 Å². The number of hydrogen-bond acceptors (Lipinski definition) is 4. The Labute approximate surface area is 127 Å². The van der Waals surface area contributed by atoms with Crippen molar-refractivity contribution in [1.29, 1.82) is 0 Å². The summed E-state index contributed by atoms with van der Waals surface area (Å²) in [5, 5.41) is 11.0. The van der Waals surface area contributed by atoms with Crippen LogP contribution < -0.4 is 10.8 Å². The number of amidine groups is 1. The van der Waals surface area contributed by atoms with Gasteiger partial charge in [-0.15, -0.1) is 0 Å². The normalized spacial score (nSPS) is 21.1. The third-order valence-corrected chi connectivity index (χ3v) is 3.70. The Morgan fingerprint density at radius 3 is 2.81 bits per heavy atom. The van der Waals surface area contributed by atoms with Gasteiger partial charge in [-0.25, -0.2) is 9.48 Å². The van der Waals surface area contributed by atoms with Crippen LogP contribution in [0.5, 0.6) is 0 Å². The number of carbonyl (C=O) groups is 1. The zero-order valence-corrected chi connectivity index (χ0v) is 13.0. The van der Waals surface area contributed by atoms with E-state index < -0.39 is 5.97 Å². The Kier molecular flexibility index (Phi) is 7.93. The summed E-state index contributed by atoms with van der Waals surface area (Å²) in [5.41, 5.74) is 5.62. The van der Waals surface area contributed by atoms with Gasteiger partial charge < -0.3 is 15.6 Å². The molecule has 1 aliphatic heterocycles. The lowest BCUT2D eigenvalue weighted by atomic mass is 10.1. The van der Waals surface area contributed by atoms with Crippen molar-refractivity contribution >= 4 is 11.8 Å². The van der Waals surface area contributed by atoms with Crippen LogP contribution in [0.3, 0.4) is 0 Å². The van der Waals surface area contributed by atoms with E-state index in [1.807, 2.05) is 6.20 Å². The van der Waals surface area contributed by atoms with Crippen LogP contribution in [0.1, 0.15) is 45.4 Å². The van der Waals surface area contributed by atoms with Crippen LogP contribution >= 0.6 is 0 Å². The highest BCUT2D eigenvalue weighted by Crippen LogP contribution is 2.19. The lowest BCUT2D eigenvalue weighted by Gasteiger charge is -2.32. The first-order chi connectivity index (χ1) is 10.1. The fourth-order valence-electron chi connectivity index (χ4n) is 2.58. The van der Waals surface area contributed by atoms with Gasteiger partial charge in [-0.1, -0.05) is 31.9 Å². The molecule has 5 nitrogen and oxygen atoms in total. The molecular formula is C16H27N3O2. The quantitative estimate of drug-likeness (QED) is 0.354. The number of rotatable bonds is 11. The predicted molar refractivity (Wildman–Crippen MR) is 83.1 cm³/mol. The van der Waals surface area contributed by atoms with E-state index in [4.69, 9.17) is 5.73 Å². The number of aliphatic imine (C=N–C) groups is 1. The minimum absolute atomic E-state index is 0.0905. The molecule has 0 saturated carbocycles. The molecule has 1 heterocycles. The maximum absolute atomic E-state index is 11.0. The van der Waals surface area contributed by atoms with E-state index in [2.05, 4.69) is 24.1 Å². The van der Waals surface area contributed by atoms with Crippen LogP contribution in [0.15, 0.2) is 29.5 Å². The SMILES string of the molecule is CCCCC/C=C/CCC1=NC=C[N+]1(CCN)CC(=O)[O-]. The van der Waals surface area contributed by atoms with E-state index in [1.165, 1.54) is 19.3 Å². The highest BCUT2D eigenvalue weighted by molar-refractivity contribution is 5.81. The van der Waals surface area contributed by atoms with Crippen molar-refractivity contribution in [2.24, 2.45) is 10.7 Å². The number of aliphatic carboxylic acids is 1. The molecule has 1 rings (SSSR count). The highest BCUT2D eigenvalue weighted by atomic mass is 16.4. The summed E-state index contributed by atoms with van der Waals surface area (Å²) in [6, 6.07) is 0. The van der Waals surface area contributed by atoms with Crippen molar-refractivity contribution in [2.75, 3.05) is 19.6 Å². The third-order valence-electron chi connectivity index (χ3n) is 3.70. The molecule has 118 valence electrons. The van der Waals surface area contributed by atoms with E-state index in [0.717, 1.165) is 25.1 Å². The second-order valence-corrected chi connectivity index (χ2v) is 5.43. The Bertz CT molecular complexity index is 416. The molecule has 0 spiro atoms. The lowest BCUT2D eigenvalue weighted by molar-refractivity contribution is -0.780. The first-order valence-electron chi connectivity index (χ1n) is 7.81. The molecule has 5 heteroatoms. The Balaban J connectivity index is 2.47. The molecule has 2 N–H and O–H groups in total. The number of hydrogen-bond donors (Lipinski definition) is 1. The number of carboxylic acids is 1. The molecule has 1 unspecified atom stereocenters. The second-order valence-electron chi connectivity index (χ2n) is 5.43. The number of carboxylic acid groups (broad SMARTS) is 1. The van der Waals surface area contributed by atoms with E-state index in [9.17, 15) is 9.90 Å². The van der Waals surface area contributed by atoms with Crippen LogP contribution in [0.4, 0.5) is 0 Å². The van der Waals surface area contributed by atoms with Gasteiger partial charge in [0.2, 0.25) is 5.84 Å². The van der Waals surface area contributed by atoms with Crippen molar-refractivity contribution < 1.29 is 14.4 Å². The van der Waals surface area contributed by atoms with Crippen LogP contribution in [0, 0.1) is 0 Å². The molecule has 0 aromatic rings. The maximum atomic E-state index is 11.0. The monoisotopic (exact) mass is 293 g/mol. The van der Waals surface area contributed by atoms with Crippen molar-refractivity contribution in [3.8, 4) is 0 Å². The molecule has 1 atom stereocenters. The second kappa shape index (κ2) is 9.47. The minimum Gasteiger partial charge on any atom is -0.544 e. The third kappa shape index (κ3) is 5.81. The van der Waals surface area contributed by atoms with E-state index in [-0.39, 0.29) is 11.0 Å². The predicted octanol–water partition coefficient (Wildman–Crippen LogP) is 1.31. The van der Waals surface area contributed by atoms with Crippen LogP contribution in [-0.4, -0.2) is 35.9 Å². The summed E-state index contributed by atoms with van der Waals surface area (Å²) in [6.07, 6.45) is 14.3. The van der Waals surface area contributed by atoms with Crippen LogP contribution in [-0.2, 0) is 4.79 Å². The van der Waals surface area contributed by atoms with Gasteiger partial charge in [0.1, 0.15) is 19.3 Å². The summed E-state index contributed by atoms with van der Waals surface area (Å²) >= 11 is 0. The fourth-order valence-corrected chi connectivity index (χ4v) is 2.58. The fraction of sp³-hybridized carbons (Fsp3) is 0.625. The summed E-state index contributed by atoms with van der Waals surface area (Å²) < 4.78 is 0.211. The number of carbonyl (C=O) groups excluding carboxylic acids is 1. The standard InChI is InChI=1S/C16H27N3O2/c1-2-3-4-5-6-7-8-9-15-18-11-13-19(15,12-10-17)14-16(20)21/h6-7,11,13H,2-5,8-10,12,14,17H2,1H3/b7-6+. The highest BCUT2D eigenvalue weighted by Gasteiger charge is 2.34. The van der Waals surface area contributed by atoms with Gasteiger partial charge in [0.25, 0.3) is 0 Å². The van der Waals surface area contributed by atoms with Gasteiger partial charge in [0, 0.05) is 13.0 Å². The first-order valence-corrected chi connectivity index (χ1v) is 7.81. The molecule has 0 aromatic heterocycles. The molecule has 0 aliphatic carbocycles. The smallest absolute Gasteiger partial charge is 0.208 e. The summed E-state index contributed by atoms with van der Waals surface area (Å²) in [5.74, 6) is -0.208. The van der Waals surface area contributed by atoms with E-state index >= 15 is 0 Å². The lowest BCUT2D eigenvalue weighted by Crippen LogP contribution is -2.54. The molecule has 0 bridgehead atoms. The summed E-state index contributed by atoms with van der Waals surface area (Å²) in [6.45, 7) is 3.07. The Hall–Kier alpha value is -1.46. The summed E-state index contributed by atoms with van der Waals surface area (Å²) in [4.78, 5) is 15.3. The molecule has 1 aliphatic rings. The largest absolute Gasteiger partial charge is 0.544 e. The van der Waals surface area contributed by atoms with Crippen molar-refractivity contribution in [3.63, 3.8) is 0 Å². The molecule has 0 fully saturated rings. The van der Waals surface area contributed by atoms with Gasteiger partial charge >= 0.3 is 0 Å². The van der Waals surface area contributed by atoms with Gasteiger partial charge in [-0.3, -0.25) is 0 Å². The molecule has 0 saturated heterocycles. The van der Waals surface area contributed by atoms with Crippen LogP contribution in [0.2, 0.25) is 0 Å². The number of nitrogens with zero attached hydrogens (tertiary/aromatic N) is 2. The molecule has 0 amide bonds. The topological polar surface area (TPSA) is 78.5 Å². The average Bonchev–Trinajstić information content (AvgIpc) is 2.80. The van der Waals surface area contributed by atoms with Gasteiger partial charge in [0.15, 0.2) is 0 Å². The summed E-state index contributed by atoms with van der Waals surface area (Å²) in [7, 11) is 0. The zero-order valence-electron chi connectivity index (χ0n) is 13.0. The molecular weight excluding hydrogens is 266 g/mol. The first kappa shape index (κ1) is 17.6. The van der Waals surface area contributed by atoms with Gasteiger partial charge in [-0.05, 0) is 19.3 Å². The van der Waals surface area contributed by atoms with Crippen molar-refractivity contribution in [1.82, 2.24) is 0 Å². The zero-order chi connectivity index (χ0) is 15.6. The molecule has 0 radical (unpaired) electrons. The van der Waals surface area contributed by atoms with Crippen LogP contribution in [0.25, 0.3) is 0 Å². The van der Waals surface area contributed by atoms with E-state index in [1.54, 1.807) is 6.20 Å². The molecule has 21 heavy (non-hydrogen) atoms. The Morgan fingerprint density at radius 2 is 2.14 bits per heavy atom. The minimum atomic E-state index is -1.07. The molecule has 0 aromatic carbocycles. The number of unbranched alkanes of at least 4 members (excludes halogenated alkanes) is 3. The maximum Gasteiger partial charge on any atom is 0.208 e. The average molecular weight is 293 g/mol. The number of allylic oxidation sites excluding steroid dienone is 2. The number of nitrogens with two attached hydrogens (primary N) is 1. The number of quaternary nitrogens is 1. The Morgan fingerprint density at radius 1 is 1.38 bits per heavy atom. The van der Waals surface area contributed by atoms with E-state index in [0.29, 0.717) is 13.1 Å².